The van der Waals surface area contributed by atoms with E-state index in [0.29, 0.717) is 19.4 Å². The molecule has 0 aromatic carbocycles. The fraction of sp³-hybridized carbons (Fsp3) is 0.900. The molecule has 1 aliphatic rings. The molecule has 0 aromatic heterocycles. The molecule has 0 radical (unpaired) electrons. The molecule has 1 aliphatic heterocycles. The number of aliphatic carboxylic acids is 1. The maximum atomic E-state index is 11.7. The van der Waals surface area contributed by atoms with Crippen molar-refractivity contribution in [3.05, 3.63) is 0 Å². The summed E-state index contributed by atoms with van der Waals surface area (Å²) < 4.78 is 24.8. The third-order valence-corrected chi connectivity index (χ3v) is 5.18. The largest absolute Gasteiger partial charge is 0.481 e. The van der Waals surface area contributed by atoms with E-state index in [1.165, 1.54) is 4.31 Å². The van der Waals surface area contributed by atoms with Gasteiger partial charge < -0.3 is 5.11 Å². The SMILES string of the molecule is CCC(C)(CN1CCCCS1(=O)=O)C(=O)O. The summed E-state index contributed by atoms with van der Waals surface area (Å²) in [6, 6.07) is 0. The van der Waals surface area contributed by atoms with Gasteiger partial charge in [-0.3, -0.25) is 4.79 Å². The fourth-order valence-corrected chi connectivity index (χ4v) is 3.45. The average molecular weight is 249 g/mol. The van der Waals surface area contributed by atoms with E-state index in [9.17, 15) is 13.2 Å². The number of carboxylic acid groups (broad SMARTS) is 1. The third kappa shape index (κ3) is 2.74. The van der Waals surface area contributed by atoms with Crippen molar-refractivity contribution >= 4 is 16.0 Å². The van der Waals surface area contributed by atoms with Crippen LogP contribution >= 0.6 is 0 Å². The van der Waals surface area contributed by atoms with Gasteiger partial charge in [-0.25, -0.2) is 12.7 Å². The van der Waals surface area contributed by atoms with Gasteiger partial charge in [0.25, 0.3) is 0 Å². The summed E-state index contributed by atoms with van der Waals surface area (Å²) in [6.45, 7) is 3.90. The highest BCUT2D eigenvalue weighted by molar-refractivity contribution is 7.89. The number of hydrogen-bond donors (Lipinski definition) is 1. The molecule has 0 spiro atoms. The minimum Gasteiger partial charge on any atom is -0.481 e. The minimum absolute atomic E-state index is 0.0845. The quantitative estimate of drug-likeness (QED) is 0.803. The Morgan fingerprint density at radius 1 is 1.44 bits per heavy atom. The van der Waals surface area contributed by atoms with Crippen molar-refractivity contribution in [3.63, 3.8) is 0 Å². The zero-order valence-corrected chi connectivity index (χ0v) is 10.6. The zero-order chi connectivity index (χ0) is 12.4. The van der Waals surface area contributed by atoms with Gasteiger partial charge in [0.1, 0.15) is 0 Å². The first kappa shape index (κ1) is 13.4. The first-order valence-corrected chi connectivity index (χ1v) is 7.14. The number of carboxylic acids is 1. The molecule has 6 heteroatoms. The Morgan fingerprint density at radius 2 is 2.06 bits per heavy atom. The zero-order valence-electron chi connectivity index (χ0n) is 9.77. The molecule has 0 saturated carbocycles. The van der Waals surface area contributed by atoms with E-state index in [2.05, 4.69) is 0 Å². The first-order chi connectivity index (χ1) is 7.32. The maximum absolute atomic E-state index is 11.7. The topological polar surface area (TPSA) is 74.7 Å². The summed E-state index contributed by atoms with van der Waals surface area (Å²) in [5.41, 5.74) is -0.982. The Hall–Kier alpha value is -0.620. The van der Waals surface area contributed by atoms with Crippen molar-refractivity contribution in [3.8, 4) is 0 Å². The monoisotopic (exact) mass is 249 g/mol. The second-order valence-corrected chi connectivity index (χ2v) is 6.66. The second kappa shape index (κ2) is 4.71. The average Bonchev–Trinajstić information content (AvgIpc) is 2.20. The molecule has 0 bridgehead atoms. The smallest absolute Gasteiger partial charge is 0.310 e. The van der Waals surface area contributed by atoms with Crippen molar-refractivity contribution in [2.45, 2.75) is 33.1 Å². The van der Waals surface area contributed by atoms with Gasteiger partial charge in [-0.2, -0.15) is 0 Å². The second-order valence-electron chi connectivity index (χ2n) is 4.58. The molecule has 1 heterocycles. The predicted molar refractivity (Wildman–Crippen MR) is 60.6 cm³/mol. The lowest BCUT2D eigenvalue weighted by Crippen LogP contribution is -2.46. The van der Waals surface area contributed by atoms with E-state index in [1.54, 1.807) is 13.8 Å². The molecule has 1 unspecified atom stereocenters. The van der Waals surface area contributed by atoms with Crippen LogP contribution < -0.4 is 0 Å². The van der Waals surface area contributed by atoms with Crippen LogP contribution in [-0.4, -0.2) is 42.6 Å². The molecular weight excluding hydrogens is 230 g/mol. The molecule has 1 saturated heterocycles. The Bertz CT molecular complexity index is 365. The van der Waals surface area contributed by atoms with Gasteiger partial charge in [-0.1, -0.05) is 6.92 Å². The van der Waals surface area contributed by atoms with Gasteiger partial charge in [-0.05, 0) is 26.2 Å². The van der Waals surface area contributed by atoms with E-state index >= 15 is 0 Å². The van der Waals surface area contributed by atoms with E-state index in [4.69, 9.17) is 5.11 Å². The first-order valence-electron chi connectivity index (χ1n) is 5.53. The number of sulfonamides is 1. The minimum atomic E-state index is -3.23. The molecule has 5 nitrogen and oxygen atoms in total. The summed E-state index contributed by atoms with van der Waals surface area (Å²) in [4.78, 5) is 11.1. The number of nitrogens with zero attached hydrogens (tertiary/aromatic N) is 1. The maximum Gasteiger partial charge on any atom is 0.310 e. The Morgan fingerprint density at radius 3 is 2.50 bits per heavy atom. The summed E-state index contributed by atoms with van der Waals surface area (Å²) in [7, 11) is -3.23. The Kier molecular flexibility index (Phi) is 3.96. The molecule has 0 aliphatic carbocycles. The number of carbonyl (C=O) groups is 1. The normalized spacial score (nSPS) is 24.9. The lowest BCUT2D eigenvalue weighted by atomic mass is 9.87. The number of hydrogen-bond acceptors (Lipinski definition) is 3. The highest BCUT2D eigenvalue weighted by Crippen LogP contribution is 2.26. The van der Waals surface area contributed by atoms with E-state index in [1.807, 2.05) is 0 Å². The summed E-state index contributed by atoms with van der Waals surface area (Å²) in [5, 5.41) is 9.11. The van der Waals surface area contributed by atoms with Crippen LogP contribution in [0.3, 0.4) is 0 Å². The van der Waals surface area contributed by atoms with Gasteiger partial charge in [0.15, 0.2) is 0 Å². The van der Waals surface area contributed by atoms with Crippen LogP contribution in [-0.2, 0) is 14.8 Å². The Balaban J connectivity index is 2.83. The summed E-state index contributed by atoms with van der Waals surface area (Å²) in [6.07, 6.45) is 1.92. The van der Waals surface area contributed by atoms with Crippen LogP contribution in [0.15, 0.2) is 0 Å². The van der Waals surface area contributed by atoms with Gasteiger partial charge in [0, 0.05) is 13.1 Å². The van der Waals surface area contributed by atoms with Crippen molar-refractivity contribution in [1.82, 2.24) is 4.31 Å². The van der Waals surface area contributed by atoms with Crippen LogP contribution in [0.5, 0.6) is 0 Å². The molecule has 94 valence electrons. The van der Waals surface area contributed by atoms with Gasteiger partial charge in [0.05, 0.1) is 11.2 Å². The van der Waals surface area contributed by atoms with Gasteiger partial charge >= 0.3 is 5.97 Å². The van der Waals surface area contributed by atoms with Gasteiger partial charge in [-0.15, -0.1) is 0 Å². The van der Waals surface area contributed by atoms with Gasteiger partial charge in [0.2, 0.25) is 10.0 Å². The third-order valence-electron chi connectivity index (χ3n) is 3.28. The van der Waals surface area contributed by atoms with Crippen molar-refractivity contribution in [1.29, 1.82) is 0 Å². The predicted octanol–water partition coefficient (Wildman–Crippen LogP) is 0.913. The lowest BCUT2D eigenvalue weighted by Gasteiger charge is -2.33. The molecule has 0 amide bonds. The van der Waals surface area contributed by atoms with Crippen LogP contribution in [0.4, 0.5) is 0 Å². The van der Waals surface area contributed by atoms with Crippen LogP contribution in [0.1, 0.15) is 33.1 Å². The molecule has 16 heavy (non-hydrogen) atoms. The highest BCUT2D eigenvalue weighted by atomic mass is 32.2. The van der Waals surface area contributed by atoms with Crippen LogP contribution in [0.25, 0.3) is 0 Å². The van der Waals surface area contributed by atoms with E-state index in [-0.39, 0.29) is 12.3 Å². The summed E-state index contributed by atoms with van der Waals surface area (Å²) >= 11 is 0. The number of rotatable bonds is 4. The molecule has 0 aromatic rings. The van der Waals surface area contributed by atoms with Crippen molar-refractivity contribution in [2.24, 2.45) is 5.41 Å². The molecular formula is C10H19NO4S. The lowest BCUT2D eigenvalue weighted by molar-refractivity contribution is -0.148. The standard InChI is InChI=1S/C10H19NO4S/c1-3-10(2,9(12)13)8-11-6-4-5-7-16(11,14)15/h3-8H2,1-2H3,(H,12,13). The molecule has 1 fully saturated rings. The molecule has 1 atom stereocenters. The van der Waals surface area contributed by atoms with Crippen molar-refractivity contribution in [2.75, 3.05) is 18.8 Å². The van der Waals surface area contributed by atoms with Crippen molar-refractivity contribution < 1.29 is 18.3 Å². The fourth-order valence-electron chi connectivity index (χ4n) is 1.74. The Labute approximate surface area is 96.5 Å². The molecule has 1 rings (SSSR count). The summed E-state index contributed by atoms with van der Waals surface area (Å²) in [5.74, 6) is -0.789. The van der Waals surface area contributed by atoms with E-state index < -0.39 is 21.4 Å². The highest BCUT2D eigenvalue weighted by Gasteiger charge is 2.37. The van der Waals surface area contributed by atoms with Crippen LogP contribution in [0, 0.1) is 5.41 Å². The van der Waals surface area contributed by atoms with E-state index in [0.717, 1.165) is 6.42 Å². The van der Waals surface area contributed by atoms with Crippen LogP contribution in [0.2, 0.25) is 0 Å². The molecule has 1 N–H and O–H groups in total.